The Balaban J connectivity index is 1.62. The lowest BCUT2D eigenvalue weighted by atomic mass is 9.91. The van der Waals surface area contributed by atoms with Crippen LogP contribution < -0.4 is 10.3 Å². The summed E-state index contributed by atoms with van der Waals surface area (Å²) in [4.78, 5) is 12.8. The third kappa shape index (κ3) is 4.41. The highest BCUT2D eigenvalue weighted by molar-refractivity contribution is 5.71. The Hall–Kier alpha value is -2.11. The number of hydrogen-bond donors (Lipinski definition) is 0. The maximum absolute atomic E-state index is 12.8. The number of hydrogen-bond acceptors (Lipinski definition) is 4. The molecule has 1 atom stereocenters. The second kappa shape index (κ2) is 8.72. The van der Waals surface area contributed by atoms with Crippen molar-refractivity contribution in [2.24, 2.45) is 5.92 Å². The highest BCUT2D eigenvalue weighted by Gasteiger charge is 2.23. The van der Waals surface area contributed by atoms with Crippen LogP contribution >= 0.6 is 0 Å². The molecule has 29 heavy (non-hydrogen) atoms. The van der Waals surface area contributed by atoms with E-state index < -0.39 is 0 Å². The van der Waals surface area contributed by atoms with Gasteiger partial charge in [0.1, 0.15) is 18.5 Å². The van der Waals surface area contributed by atoms with Crippen LogP contribution in [0.5, 0.6) is 5.75 Å². The van der Waals surface area contributed by atoms with Crippen molar-refractivity contribution < 1.29 is 14.2 Å². The van der Waals surface area contributed by atoms with Crippen molar-refractivity contribution in [3.8, 4) is 17.0 Å². The summed E-state index contributed by atoms with van der Waals surface area (Å²) < 4.78 is 19.0. The van der Waals surface area contributed by atoms with Gasteiger partial charge in [-0.25, -0.2) is 0 Å². The molecule has 5 nitrogen and oxygen atoms in total. The van der Waals surface area contributed by atoms with Gasteiger partial charge in [0.2, 0.25) is 0 Å². The third-order valence-electron chi connectivity index (χ3n) is 5.86. The fourth-order valence-corrected chi connectivity index (χ4v) is 4.19. The van der Waals surface area contributed by atoms with E-state index in [9.17, 15) is 4.79 Å². The zero-order valence-corrected chi connectivity index (χ0v) is 17.7. The first-order valence-electron chi connectivity index (χ1n) is 10.7. The van der Waals surface area contributed by atoms with Crippen LogP contribution in [0.2, 0.25) is 0 Å². The molecule has 2 aliphatic rings. The van der Waals surface area contributed by atoms with Crippen LogP contribution in [0.15, 0.2) is 29.1 Å². The highest BCUT2D eigenvalue weighted by atomic mass is 16.6. The summed E-state index contributed by atoms with van der Waals surface area (Å²) in [6.45, 7) is 9.43. The highest BCUT2D eigenvalue weighted by Crippen LogP contribution is 2.35. The molecular weight excluding hydrogens is 366 g/mol. The third-order valence-corrected chi connectivity index (χ3v) is 5.86. The molecule has 0 N–H and O–H groups in total. The fraction of sp³-hybridized carbons (Fsp3) is 0.542. The van der Waals surface area contributed by atoms with Crippen molar-refractivity contribution in [2.45, 2.75) is 52.7 Å². The van der Waals surface area contributed by atoms with Crippen LogP contribution in [0.25, 0.3) is 11.3 Å². The molecule has 0 bridgehead atoms. The minimum atomic E-state index is -0.0854. The smallest absolute Gasteiger partial charge is 0.254 e. The number of aromatic nitrogens is 1. The van der Waals surface area contributed by atoms with Crippen LogP contribution in [-0.2, 0) is 28.9 Å². The van der Waals surface area contributed by atoms with Crippen molar-refractivity contribution in [1.29, 1.82) is 0 Å². The van der Waals surface area contributed by atoms with E-state index in [0.717, 1.165) is 36.2 Å². The van der Waals surface area contributed by atoms with Crippen molar-refractivity contribution in [1.82, 2.24) is 4.57 Å². The van der Waals surface area contributed by atoms with Gasteiger partial charge in [0.05, 0.1) is 25.5 Å². The quantitative estimate of drug-likeness (QED) is 0.745. The molecule has 0 saturated carbocycles. The van der Waals surface area contributed by atoms with E-state index in [2.05, 4.69) is 32.0 Å². The molecule has 2 aliphatic heterocycles. The van der Waals surface area contributed by atoms with E-state index in [-0.39, 0.29) is 11.7 Å². The molecule has 1 aromatic carbocycles. The van der Waals surface area contributed by atoms with Gasteiger partial charge in [0.15, 0.2) is 0 Å². The minimum Gasteiger partial charge on any atom is -0.490 e. The van der Waals surface area contributed by atoms with E-state index in [1.807, 2.05) is 11.5 Å². The van der Waals surface area contributed by atoms with Crippen molar-refractivity contribution in [3.05, 3.63) is 51.3 Å². The summed E-state index contributed by atoms with van der Waals surface area (Å²) in [5.41, 5.74) is 5.86. The van der Waals surface area contributed by atoms with Gasteiger partial charge in [-0.1, -0.05) is 32.0 Å². The Kier molecular flexibility index (Phi) is 6.07. The van der Waals surface area contributed by atoms with Gasteiger partial charge < -0.3 is 18.8 Å². The SMILES string of the molecule is Cc1c(OCC2COCCO2)cc(=O)n2c1-c1ccc(CCC(C)C)cc1CC2. The number of benzene rings is 1. The van der Waals surface area contributed by atoms with Crippen LogP contribution in [0, 0.1) is 12.8 Å². The first kappa shape index (κ1) is 20.2. The first-order valence-corrected chi connectivity index (χ1v) is 10.7. The average Bonchev–Trinajstić information content (AvgIpc) is 2.73. The monoisotopic (exact) mass is 397 g/mol. The lowest BCUT2D eigenvalue weighted by molar-refractivity contribution is -0.101. The molecule has 0 radical (unpaired) electrons. The second-order valence-electron chi connectivity index (χ2n) is 8.52. The van der Waals surface area contributed by atoms with E-state index >= 15 is 0 Å². The van der Waals surface area contributed by atoms with Gasteiger partial charge in [-0.2, -0.15) is 0 Å². The fourth-order valence-electron chi connectivity index (χ4n) is 4.19. The van der Waals surface area contributed by atoms with Crippen LogP contribution in [0.3, 0.4) is 0 Å². The topological polar surface area (TPSA) is 49.7 Å². The number of fused-ring (bicyclic) bond motifs is 3. The van der Waals surface area contributed by atoms with E-state index in [4.69, 9.17) is 14.2 Å². The van der Waals surface area contributed by atoms with Gasteiger partial charge in [0.25, 0.3) is 5.56 Å². The maximum atomic E-state index is 12.8. The van der Waals surface area contributed by atoms with Gasteiger partial charge in [0, 0.05) is 23.7 Å². The molecule has 4 rings (SSSR count). The molecule has 1 saturated heterocycles. The molecule has 3 heterocycles. The van der Waals surface area contributed by atoms with E-state index in [1.54, 1.807) is 6.07 Å². The van der Waals surface area contributed by atoms with Gasteiger partial charge >= 0.3 is 0 Å². The van der Waals surface area contributed by atoms with Crippen molar-refractivity contribution in [2.75, 3.05) is 26.4 Å². The number of pyridine rings is 1. The first-order chi connectivity index (χ1) is 14.0. The Morgan fingerprint density at radius 1 is 1.24 bits per heavy atom. The summed E-state index contributed by atoms with van der Waals surface area (Å²) in [5, 5.41) is 0. The molecule has 1 unspecified atom stereocenters. The largest absolute Gasteiger partial charge is 0.490 e. The summed E-state index contributed by atoms with van der Waals surface area (Å²) >= 11 is 0. The predicted molar refractivity (Wildman–Crippen MR) is 114 cm³/mol. The Morgan fingerprint density at radius 3 is 2.86 bits per heavy atom. The minimum absolute atomic E-state index is 0.00375. The number of rotatable bonds is 6. The van der Waals surface area contributed by atoms with Crippen molar-refractivity contribution in [3.63, 3.8) is 0 Å². The van der Waals surface area contributed by atoms with Crippen LogP contribution in [0.4, 0.5) is 0 Å². The Morgan fingerprint density at radius 2 is 2.10 bits per heavy atom. The zero-order valence-electron chi connectivity index (χ0n) is 17.7. The molecule has 5 heteroatoms. The standard InChI is InChI=1S/C24H31NO4/c1-16(2)4-5-18-6-7-21-19(12-18)8-9-25-23(26)13-22(17(3)24(21)25)29-15-20-14-27-10-11-28-20/h6-7,12-13,16,20H,4-5,8-11,14-15H2,1-3H3. The number of aryl methyl sites for hydroxylation is 2. The average molecular weight is 398 g/mol. The molecule has 0 amide bonds. The van der Waals surface area contributed by atoms with Crippen LogP contribution in [0.1, 0.15) is 37.0 Å². The summed E-state index contributed by atoms with van der Waals surface area (Å²) in [5.74, 6) is 1.35. The van der Waals surface area contributed by atoms with E-state index in [1.165, 1.54) is 17.5 Å². The Bertz CT molecular complexity index is 925. The van der Waals surface area contributed by atoms with Gasteiger partial charge in [-0.15, -0.1) is 0 Å². The molecule has 156 valence electrons. The number of ether oxygens (including phenoxy) is 3. The summed E-state index contributed by atoms with van der Waals surface area (Å²) in [6, 6.07) is 8.34. The van der Waals surface area contributed by atoms with Crippen LogP contribution in [-0.4, -0.2) is 37.1 Å². The summed E-state index contributed by atoms with van der Waals surface area (Å²) in [6.07, 6.45) is 3.10. The number of nitrogens with zero attached hydrogens (tertiary/aromatic N) is 1. The normalized spacial score (nSPS) is 18.4. The van der Waals surface area contributed by atoms with E-state index in [0.29, 0.717) is 38.1 Å². The lowest BCUT2D eigenvalue weighted by Gasteiger charge is -2.27. The predicted octanol–water partition coefficient (Wildman–Crippen LogP) is 3.76. The second-order valence-corrected chi connectivity index (χ2v) is 8.52. The molecule has 2 aromatic rings. The molecule has 1 aromatic heterocycles. The molecule has 0 aliphatic carbocycles. The molecular formula is C24H31NO4. The van der Waals surface area contributed by atoms with Crippen molar-refractivity contribution >= 4 is 0 Å². The van der Waals surface area contributed by atoms with Gasteiger partial charge in [-0.3, -0.25) is 4.79 Å². The maximum Gasteiger partial charge on any atom is 0.254 e. The molecule has 0 spiro atoms. The lowest BCUT2D eigenvalue weighted by Crippen LogP contribution is -2.34. The Labute approximate surface area is 172 Å². The zero-order chi connectivity index (χ0) is 20.4. The summed E-state index contributed by atoms with van der Waals surface area (Å²) in [7, 11) is 0. The van der Waals surface area contributed by atoms with Gasteiger partial charge in [-0.05, 0) is 43.2 Å². The molecule has 1 fully saturated rings.